The van der Waals surface area contributed by atoms with Crippen molar-refractivity contribution in [3.05, 3.63) is 42.6 Å². The van der Waals surface area contributed by atoms with Gasteiger partial charge in [0, 0.05) is 6.54 Å². The first-order valence-corrected chi connectivity index (χ1v) is 6.09. The Morgan fingerprint density at radius 3 is 2.90 bits per heavy atom. The first-order chi connectivity index (χ1) is 9.81. The second-order valence-electron chi connectivity index (χ2n) is 4.12. The molecule has 102 valence electrons. The second kappa shape index (κ2) is 5.22. The first-order valence-electron chi connectivity index (χ1n) is 6.09. The van der Waals surface area contributed by atoms with Gasteiger partial charge >= 0.3 is 0 Å². The fraction of sp³-hybridized carbons (Fsp3) is 0.154. The van der Waals surface area contributed by atoms with Gasteiger partial charge in [-0.15, -0.1) is 0 Å². The van der Waals surface area contributed by atoms with Crippen LogP contribution in [0.1, 0.15) is 0 Å². The lowest BCUT2D eigenvalue weighted by molar-refractivity contribution is 0.311. The van der Waals surface area contributed by atoms with E-state index in [1.54, 1.807) is 24.4 Å². The fourth-order valence-corrected chi connectivity index (χ4v) is 1.96. The predicted molar refractivity (Wildman–Crippen MR) is 72.2 cm³/mol. The molecule has 0 spiro atoms. The van der Waals surface area contributed by atoms with E-state index in [0.717, 1.165) is 0 Å². The first kappa shape index (κ1) is 12.5. The molecule has 7 heteroatoms. The number of aliphatic hydroxyl groups excluding tert-OH is 1. The average molecular weight is 273 g/mol. The van der Waals surface area contributed by atoms with Crippen LogP contribution >= 0.6 is 0 Å². The van der Waals surface area contributed by atoms with Crippen LogP contribution in [0.4, 0.5) is 10.2 Å². The van der Waals surface area contributed by atoms with Crippen molar-refractivity contribution in [1.29, 1.82) is 0 Å². The number of nitrogens with zero attached hydrogens (tertiary/aromatic N) is 4. The zero-order valence-corrected chi connectivity index (χ0v) is 10.5. The smallest absolute Gasteiger partial charge is 0.168 e. The van der Waals surface area contributed by atoms with Crippen molar-refractivity contribution in [3.63, 3.8) is 0 Å². The molecule has 0 aliphatic heterocycles. The van der Waals surface area contributed by atoms with Crippen molar-refractivity contribution in [3.8, 4) is 5.69 Å². The van der Waals surface area contributed by atoms with Gasteiger partial charge in [0.1, 0.15) is 23.6 Å². The van der Waals surface area contributed by atoms with E-state index < -0.39 is 0 Å². The van der Waals surface area contributed by atoms with Gasteiger partial charge in [-0.3, -0.25) is 0 Å². The highest BCUT2D eigenvalue weighted by Gasteiger charge is 2.12. The maximum atomic E-state index is 13.8. The summed E-state index contributed by atoms with van der Waals surface area (Å²) in [5.41, 5.74) is 0.833. The number of benzene rings is 1. The standard InChI is InChI=1S/C13H12FN5O/c14-10-3-1-2-4-11(10)19-13-9(7-18-19)12(15-5-6-20)16-8-17-13/h1-4,7-8,20H,5-6H2,(H,15,16,17). The molecule has 0 saturated carbocycles. The molecule has 3 rings (SSSR count). The summed E-state index contributed by atoms with van der Waals surface area (Å²) in [5, 5.41) is 16.6. The van der Waals surface area contributed by atoms with E-state index in [9.17, 15) is 4.39 Å². The van der Waals surface area contributed by atoms with Gasteiger partial charge in [0.25, 0.3) is 0 Å². The molecule has 0 amide bonds. The van der Waals surface area contributed by atoms with Gasteiger partial charge in [0.2, 0.25) is 0 Å². The van der Waals surface area contributed by atoms with Gasteiger partial charge in [0.05, 0.1) is 18.2 Å². The van der Waals surface area contributed by atoms with E-state index in [0.29, 0.717) is 29.1 Å². The Bertz CT molecular complexity index is 742. The summed E-state index contributed by atoms with van der Waals surface area (Å²) in [5.74, 6) is 0.188. The molecule has 0 bridgehead atoms. The highest BCUT2D eigenvalue weighted by Crippen LogP contribution is 2.22. The summed E-state index contributed by atoms with van der Waals surface area (Å²) in [4.78, 5) is 8.24. The van der Waals surface area contributed by atoms with Crippen molar-refractivity contribution in [1.82, 2.24) is 19.7 Å². The van der Waals surface area contributed by atoms with Crippen LogP contribution in [0.15, 0.2) is 36.8 Å². The molecule has 1 aromatic carbocycles. The normalized spacial score (nSPS) is 10.9. The lowest BCUT2D eigenvalue weighted by Crippen LogP contribution is -2.07. The van der Waals surface area contributed by atoms with Gasteiger partial charge in [-0.05, 0) is 12.1 Å². The van der Waals surface area contributed by atoms with Crippen LogP contribution < -0.4 is 5.32 Å². The molecule has 3 aromatic rings. The maximum absolute atomic E-state index is 13.8. The molecule has 20 heavy (non-hydrogen) atoms. The summed E-state index contributed by atoms with van der Waals surface area (Å²) in [6.07, 6.45) is 2.95. The van der Waals surface area contributed by atoms with E-state index >= 15 is 0 Å². The van der Waals surface area contributed by atoms with Crippen LogP contribution in [0.3, 0.4) is 0 Å². The molecule has 0 radical (unpaired) electrons. The third kappa shape index (κ3) is 2.08. The number of hydrogen-bond donors (Lipinski definition) is 2. The van der Waals surface area contributed by atoms with Gasteiger partial charge in [-0.1, -0.05) is 12.1 Å². The molecule has 6 nitrogen and oxygen atoms in total. The second-order valence-corrected chi connectivity index (χ2v) is 4.12. The maximum Gasteiger partial charge on any atom is 0.168 e. The lowest BCUT2D eigenvalue weighted by Gasteiger charge is -2.06. The van der Waals surface area contributed by atoms with Crippen LogP contribution in [0, 0.1) is 5.82 Å². The summed E-state index contributed by atoms with van der Waals surface area (Å²) in [7, 11) is 0. The SMILES string of the molecule is OCCNc1ncnc2c1cnn2-c1ccccc1F. The van der Waals surface area contributed by atoms with E-state index in [1.165, 1.54) is 17.1 Å². The topological polar surface area (TPSA) is 75.9 Å². The predicted octanol–water partition coefficient (Wildman–Crippen LogP) is 1.36. The summed E-state index contributed by atoms with van der Waals surface area (Å²) >= 11 is 0. The van der Waals surface area contributed by atoms with Crippen molar-refractivity contribution < 1.29 is 9.50 Å². The van der Waals surface area contributed by atoms with Crippen LogP contribution in [0.5, 0.6) is 0 Å². The Morgan fingerprint density at radius 1 is 1.25 bits per heavy atom. The zero-order chi connectivity index (χ0) is 13.9. The molecule has 2 aromatic heterocycles. The zero-order valence-electron chi connectivity index (χ0n) is 10.5. The third-order valence-corrected chi connectivity index (χ3v) is 2.85. The van der Waals surface area contributed by atoms with E-state index in [2.05, 4.69) is 20.4 Å². The monoisotopic (exact) mass is 273 g/mol. The number of nitrogens with one attached hydrogen (secondary N) is 1. The molecular formula is C13H12FN5O. The van der Waals surface area contributed by atoms with Crippen molar-refractivity contribution >= 4 is 16.9 Å². The molecule has 2 N–H and O–H groups in total. The summed E-state index contributed by atoms with van der Waals surface area (Å²) in [6, 6.07) is 6.35. The number of aromatic nitrogens is 4. The molecule has 0 saturated heterocycles. The van der Waals surface area contributed by atoms with E-state index in [4.69, 9.17) is 5.11 Å². The number of fused-ring (bicyclic) bond motifs is 1. The number of hydrogen-bond acceptors (Lipinski definition) is 5. The molecular weight excluding hydrogens is 261 g/mol. The summed E-state index contributed by atoms with van der Waals surface area (Å²) < 4.78 is 15.3. The Morgan fingerprint density at radius 2 is 2.10 bits per heavy atom. The summed E-state index contributed by atoms with van der Waals surface area (Å²) in [6.45, 7) is 0.365. The number of para-hydroxylation sites is 1. The van der Waals surface area contributed by atoms with E-state index in [1.807, 2.05) is 0 Å². The van der Waals surface area contributed by atoms with Crippen LogP contribution in [-0.2, 0) is 0 Å². The number of anilines is 1. The van der Waals surface area contributed by atoms with Gasteiger partial charge in [-0.25, -0.2) is 19.0 Å². The molecule has 0 atom stereocenters. The minimum absolute atomic E-state index is 0.00700. The molecule has 0 aliphatic carbocycles. The van der Waals surface area contributed by atoms with Crippen LogP contribution in [0.2, 0.25) is 0 Å². The van der Waals surface area contributed by atoms with Crippen molar-refractivity contribution in [2.45, 2.75) is 0 Å². The van der Waals surface area contributed by atoms with Crippen LogP contribution in [-0.4, -0.2) is 38.0 Å². The highest BCUT2D eigenvalue weighted by atomic mass is 19.1. The number of rotatable bonds is 4. The fourth-order valence-electron chi connectivity index (χ4n) is 1.96. The average Bonchev–Trinajstić information content (AvgIpc) is 2.90. The highest BCUT2D eigenvalue weighted by molar-refractivity contribution is 5.87. The van der Waals surface area contributed by atoms with Crippen LogP contribution in [0.25, 0.3) is 16.7 Å². The minimum Gasteiger partial charge on any atom is -0.395 e. The van der Waals surface area contributed by atoms with Crippen molar-refractivity contribution in [2.24, 2.45) is 0 Å². The molecule has 0 unspecified atom stereocenters. The quantitative estimate of drug-likeness (QED) is 0.750. The Kier molecular flexibility index (Phi) is 3.26. The Hall–Kier alpha value is -2.54. The van der Waals surface area contributed by atoms with Gasteiger partial charge < -0.3 is 10.4 Å². The Labute approximate surface area is 113 Å². The molecule has 0 aliphatic rings. The molecule has 0 fully saturated rings. The largest absolute Gasteiger partial charge is 0.395 e. The van der Waals surface area contributed by atoms with Gasteiger partial charge in [-0.2, -0.15) is 5.10 Å². The Balaban J connectivity index is 2.13. The third-order valence-electron chi connectivity index (χ3n) is 2.85. The number of halogens is 1. The number of aliphatic hydroxyl groups is 1. The lowest BCUT2D eigenvalue weighted by atomic mass is 10.3. The van der Waals surface area contributed by atoms with Crippen molar-refractivity contribution in [2.75, 3.05) is 18.5 Å². The van der Waals surface area contributed by atoms with E-state index in [-0.39, 0.29) is 12.4 Å². The minimum atomic E-state index is -0.374. The van der Waals surface area contributed by atoms with Gasteiger partial charge in [0.15, 0.2) is 5.65 Å². The molecule has 2 heterocycles.